The molecule has 2 N–H and O–H groups in total. The number of hydrogen-bond acceptors (Lipinski definition) is 3. The number of nitrogens with zero attached hydrogens (tertiary/aromatic N) is 2. The molecule has 1 atom stereocenters. The Morgan fingerprint density at radius 1 is 1.53 bits per heavy atom. The van der Waals surface area contributed by atoms with Crippen molar-refractivity contribution in [2.24, 2.45) is 0 Å². The molecule has 3 heteroatoms. The predicted octanol–water partition coefficient (Wildman–Crippen LogP) is 1.54. The van der Waals surface area contributed by atoms with Gasteiger partial charge in [0, 0.05) is 18.8 Å². The van der Waals surface area contributed by atoms with Crippen LogP contribution in [-0.4, -0.2) is 17.5 Å². The van der Waals surface area contributed by atoms with Gasteiger partial charge in [-0.05, 0) is 30.5 Å². The first-order valence-corrected chi connectivity index (χ1v) is 5.22. The molecular weight excluding hydrogens is 186 g/mol. The summed E-state index contributed by atoms with van der Waals surface area (Å²) in [5, 5.41) is 8.88. The van der Waals surface area contributed by atoms with Gasteiger partial charge in [-0.3, -0.25) is 4.90 Å². The van der Waals surface area contributed by atoms with Gasteiger partial charge in [-0.2, -0.15) is 5.26 Å². The largest absolute Gasteiger partial charge is 0.398 e. The maximum atomic E-state index is 8.88. The minimum atomic E-state index is -0.0299. The molecule has 2 rings (SSSR count). The summed E-state index contributed by atoms with van der Waals surface area (Å²) in [6.45, 7) is 3.69. The smallest absolute Gasteiger partial charge is 0.0952 e. The zero-order chi connectivity index (χ0) is 10.8. The molecule has 1 aliphatic heterocycles. The Morgan fingerprint density at radius 3 is 3.07 bits per heavy atom. The van der Waals surface area contributed by atoms with Crippen molar-refractivity contribution in [2.75, 3.05) is 12.3 Å². The highest BCUT2D eigenvalue weighted by Crippen LogP contribution is 2.25. The van der Waals surface area contributed by atoms with Crippen LogP contribution in [0.2, 0.25) is 0 Å². The van der Waals surface area contributed by atoms with Crippen LogP contribution in [0.25, 0.3) is 0 Å². The fourth-order valence-corrected chi connectivity index (χ4v) is 2.04. The molecule has 0 bridgehead atoms. The fourth-order valence-electron chi connectivity index (χ4n) is 2.04. The summed E-state index contributed by atoms with van der Waals surface area (Å²) < 4.78 is 0. The number of hydrogen-bond donors (Lipinski definition) is 1. The molecule has 0 aromatic heterocycles. The Labute approximate surface area is 90.1 Å². The van der Waals surface area contributed by atoms with E-state index in [2.05, 4.69) is 17.0 Å². The van der Waals surface area contributed by atoms with Gasteiger partial charge in [0.25, 0.3) is 0 Å². The molecule has 0 aliphatic carbocycles. The van der Waals surface area contributed by atoms with Gasteiger partial charge in [-0.25, -0.2) is 0 Å². The maximum Gasteiger partial charge on any atom is 0.0952 e. The monoisotopic (exact) mass is 201 g/mol. The van der Waals surface area contributed by atoms with E-state index < -0.39 is 0 Å². The molecule has 3 nitrogen and oxygen atoms in total. The summed E-state index contributed by atoms with van der Waals surface area (Å²) in [7, 11) is 0. The fraction of sp³-hybridized carbons (Fsp3) is 0.417. The molecule has 0 saturated heterocycles. The summed E-state index contributed by atoms with van der Waals surface area (Å²) >= 11 is 0. The number of fused-ring (bicyclic) bond motifs is 1. The molecule has 0 fully saturated rings. The highest BCUT2D eigenvalue weighted by Gasteiger charge is 2.21. The van der Waals surface area contributed by atoms with Gasteiger partial charge in [0.15, 0.2) is 0 Å². The van der Waals surface area contributed by atoms with Crippen molar-refractivity contribution in [1.29, 1.82) is 5.26 Å². The third-order valence-corrected chi connectivity index (χ3v) is 3.07. The molecule has 1 aromatic carbocycles. The lowest BCUT2D eigenvalue weighted by Gasteiger charge is -2.31. The van der Waals surface area contributed by atoms with Crippen molar-refractivity contribution in [3.8, 4) is 6.07 Å². The van der Waals surface area contributed by atoms with E-state index in [0.717, 1.165) is 25.2 Å². The zero-order valence-corrected chi connectivity index (χ0v) is 8.90. The molecular formula is C12H15N3. The lowest BCUT2D eigenvalue weighted by molar-refractivity contribution is 0.227. The van der Waals surface area contributed by atoms with E-state index in [1.807, 2.05) is 19.1 Å². The van der Waals surface area contributed by atoms with Gasteiger partial charge in [0.05, 0.1) is 12.1 Å². The summed E-state index contributed by atoms with van der Waals surface area (Å²) in [4.78, 5) is 2.17. The van der Waals surface area contributed by atoms with E-state index >= 15 is 0 Å². The van der Waals surface area contributed by atoms with Crippen LogP contribution in [0, 0.1) is 11.3 Å². The lowest BCUT2D eigenvalue weighted by atomic mass is 9.97. The standard InChI is InChI=1S/C12H15N3/c1-9(7-13)15-6-5-10-3-2-4-12(14)11(10)8-15/h2-4,9H,5-6,8,14H2,1H3. The van der Waals surface area contributed by atoms with E-state index in [9.17, 15) is 0 Å². The zero-order valence-electron chi connectivity index (χ0n) is 8.90. The van der Waals surface area contributed by atoms with Gasteiger partial charge >= 0.3 is 0 Å². The number of nitrogens with two attached hydrogens (primary N) is 1. The van der Waals surface area contributed by atoms with Crippen LogP contribution in [0.1, 0.15) is 18.1 Å². The highest BCUT2D eigenvalue weighted by molar-refractivity contribution is 5.51. The Kier molecular flexibility index (Phi) is 2.61. The van der Waals surface area contributed by atoms with Gasteiger partial charge in [-0.15, -0.1) is 0 Å². The van der Waals surface area contributed by atoms with Crippen molar-refractivity contribution in [3.63, 3.8) is 0 Å². The van der Waals surface area contributed by atoms with Crippen LogP contribution < -0.4 is 5.73 Å². The van der Waals surface area contributed by atoms with Crippen molar-refractivity contribution in [1.82, 2.24) is 4.90 Å². The molecule has 78 valence electrons. The van der Waals surface area contributed by atoms with Crippen LogP contribution in [0.4, 0.5) is 5.69 Å². The Bertz CT molecular complexity index is 406. The Balaban J connectivity index is 2.27. The van der Waals surface area contributed by atoms with Crippen molar-refractivity contribution < 1.29 is 0 Å². The quantitative estimate of drug-likeness (QED) is 0.701. The Morgan fingerprint density at radius 2 is 2.33 bits per heavy atom. The number of nitriles is 1. The normalized spacial score (nSPS) is 17.9. The first-order chi connectivity index (χ1) is 7.22. The van der Waals surface area contributed by atoms with Crippen molar-refractivity contribution >= 4 is 5.69 Å². The average molecular weight is 201 g/mol. The van der Waals surface area contributed by atoms with Gasteiger partial charge in [-0.1, -0.05) is 12.1 Å². The minimum Gasteiger partial charge on any atom is -0.398 e. The molecule has 1 heterocycles. The molecule has 0 saturated carbocycles. The third-order valence-electron chi connectivity index (χ3n) is 3.07. The summed E-state index contributed by atoms with van der Waals surface area (Å²) in [6.07, 6.45) is 0.992. The van der Waals surface area contributed by atoms with Gasteiger partial charge < -0.3 is 5.73 Å². The Hall–Kier alpha value is -1.53. The second-order valence-corrected chi connectivity index (χ2v) is 4.01. The number of anilines is 1. The van der Waals surface area contributed by atoms with E-state index in [4.69, 9.17) is 11.0 Å². The minimum absolute atomic E-state index is 0.0299. The van der Waals surface area contributed by atoms with Crippen LogP contribution in [0.15, 0.2) is 18.2 Å². The number of nitrogen functional groups attached to an aromatic ring is 1. The summed E-state index contributed by atoms with van der Waals surface area (Å²) in [6, 6.07) is 8.29. The molecule has 15 heavy (non-hydrogen) atoms. The van der Waals surface area contributed by atoms with Crippen LogP contribution in [0.3, 0.4) is 0 Å². The molecule has 0 spiro atoms. The van der Waals surface area contributed by atoms with Gasteiger partial charge in [0.1, 0.15) is 0 Å². The van der Waals surface area contributed by atoms with E-state index in [1.165, 1.54) is 11.1 Å². The van der Waals surface area contributed by atoms with Crippen LogP contribution >= 0.6 is 0 Å². The first kappa shape index (κ1) is 10.0. The number of benzene rings is 1. The second kappa shape index (κ2) is 3.92. The highest BCUT2D eigenvalue weighted by atomic mass is 15.2. The van der Waals surface area contributed by atoms with Crippen molar-refractivity contribution in [3.05, 3.63) is 29.3 Å². The van der Waals surface area contributed by atoms with E-state index in [1.54, 1.807) is 0 Å². The third kappa shape index (κ3) is 1.81. The summed E-state index contributed by atoms with van der Waals surface area (Å²) in [5.74, 6) is 0. The maximum absolute atomic E-state index is 8.88. The van der Waals surface area contributed by atoms with E-state index in [-0.39, 0.29) is 6.04 Å². The van der Waals surface area contributed by atoms with E-state index in [0.29, 0.717) is 0 Å². The SMILES string of the molecule is CC(C#N)N1CCc2cccc(N)c2C1. The summed E-state index contributed by atoms with van der Waals surface area (Å²) in [5.41, 5.74) is 9.31. The molecule has 1 unspecified atom stereocenters. The first-order valence-electron chi connectivity index (χ1n) is 5.22. The average Bonchev–Trinajstić information content (AvgIpc) is 2.28. The van der Waals surface area contributed by atoms with Crippen molar-refractivity contribution in [2.45, 2.75) is 25.9 Å². The lowest BCUT2D eigenvalue weighted by Crippen LogP contribution is -2.37. The molecule has 0 radical (unpaired) electrons. The molecule has 0 amide bonds. The molecule has 1 aliphatic rings. The second-order valence-electron chi connectivity index (χ2n) is 4.01. The molecule has 1 aromatic rings. The van der Waals surface area contributed by atoms with Gasteiger partial charge in [0.2, 0.25) is 0 Å². The number of rotatable bonds is 1. The topological polar surface area (TPSA) is 53.0 Å². The van der Waals surface area contributed by atoms with Crippen LogP contribution in [0.5, 0.6) is 0 Å². The van der Waals surface area contributed by atoms with Crippen LogP contribution in [-0.2, 0) is 13.0 Å². The predicted molar refractivity (Wildman–Crippen MR) is 60.0 cm³/mol.